The van der Waals surface area contributed by atoms with Crippen LogP contribution in [0.15, 0.2) is 54.7 Å². The van der Waals surface area contributed by atoms with E-state index in [0.29, 0.717) is 23.6 Å². The van der Waals surface area contributed by atoms with E-state index in [4.69, 9.17) is 16.3 Å². The molecule has 148 valence electrons. The summed E-state index contributed by atoms with van der Waals surface area (Å²) in [6, 6.07) is 15.1. The largest absolute Gasteiger partial charge is 0.444 e. The number of rotatable bonds is 5. The number of carbonyl (C=O) groups excluding carboxylic acids is 1. The van der Waals surface area contributed by atoms with Gasteiger partial charge < -0.3 is 19.7 Å². The molecule has 0 aliphatic heterocycles. The van der Waals surface area contributed by atoms with Gasteiger partial charge in [0, 0.05) is 28.7 Å². The number of halogens is 1. The quantitative estimate of drug-likeness (QED) is 0.640. The summed E-state index contributed by atoms with van der Waals surface area (Å²) in [6.07, 6.45) is 1.19. The standard InChI is InChI=1S/C22H25ClN2O3/c1-22(2,3)28-21(27)24-13-12-15-14-25(19-11-7-5-8-16(15)19)20(26)17-9-4-6-10-18(17)23/h4-11,14,20,26H,12-13H2,1-3H3,(H,24,27). The van der Waals surface area contributed by atoms with Crippen LogP contribution in [-0.4, -0.2) is 27.9 Å². The van der Waals surface area contributed by atoms with E-state index in [2.05, 4.69) is 5.32 Å². The number of para-hydroxylation sites is 1. The SMILES string of the molecule is CC(C)(C)OC(=O)NCCc1cn(C(O)c2ccccc2Cl)c2ccccc12. The molecule has 5 nitrogen and oxygen atoms in total. The molecule has 0 saturated carbocycles. The van der Waals surface area contributed by atoms with Crippen LogP contribution in [0.1, 0.15) is 38.1 Å². The minimum atomic E-state index is -0.897. The van der Waals surface area contributed by atoms with Crippen molar-refractivity contribution in [3.8, 4) is 0 Å². The third kappa shape index (κ3) is 4.66. The van der Waals surface area contributed by atoms with Crippen LogP contribution in [0.2, 0.25) is 5.02 Å². The van der Waals surface area contributed by atoms with E-state index >= 15 is 0 Å². The molecule has 0 aliphatic carbocycles. The lowest BCUT2D eigenvalue weighted by Gasteiger charge is -2.19. The van der Waals surface area contributed by atoms with Crippen LogP contribution in [0.4, 0.5) is 4.79 Å². The van der Waals surface area contributed by atoms with Gasteiger partial charge in [0.2, 0.25) is 0 Å². The summed E-state index contributed by atoms with van der Waals surface area (Å²) < 4.78 is 7.07. The van der Waals surface area contributed by atoms with Crippen LogP contribution in [0.5, 0.6) is 0 Å². The van der Waals surface area contributed by atoms with Crippen LogP contribution in [0.25, 0.3) is 10.9 Å². The summed E-state index contributed by atoms with van der Waals surface area (Å²) in [5, 5.41) is 15.2. The van der Waals surface area contributed by atoms with E-state index in [9.17, 15) is 9.90 Å². The van der Waals surface area contributed by atoms with Crippen LogP contribution in [0.3, 0.4) is 0 Å². The van der Waals surface area contributed by atoms with Gasteiger partial charge in [0.15, 0.2) is 6.23 Å². The second kappa shape index (κ2) is 8.25. The third-order valence-corrected chi connectivity index (χ3v) is 4.68. The molecule has 6 heteroatoms. The molecule has 0 bridgehead atoms. The minimum absolute atomic E-state index is 0.436. The number of nitrogens with one attached hydrogen (secondary N) is 1. The lowest BCUT2D eigenvalue weighted by Crippen LogP contribution is -2.33. The fraction of sp³-hybridized carbons (Fsp3) is 0.318. The molecule has 28 heavy (non-hydrogen) atoms. The molecular formula is C22H25ClN2O3. The van der Waals surface area contributed by atoms with Crippen molar-refractivity contribution in [3.05, 3.63) is 70.9 Å². The number of benzene rings is 2. The maximum Gasteiger partial charge on any atom is 0.407 e. The predicted molar refractivity (Wildman–Crippen MR) is 112 cm³/mol. The Bertz CT molecular complexity index is 975. The Morgan fingerprint density at radius 1 is 1.18 bits per heavy atom. The Kier molecular flexibility index (Phi) is 5.96. The summed E-state index contributed by atoms with van der Waals surface area (Å²) in [5.41, 5.74) is 2.04. The molecule has 1 amide bonds. The number of aliphatic hydroxyl groups is 1. The van der Waals surface area contributed by atoms with Gasteiger partial charge in [0.05, 0.1) is 5.52 Å². The number of aromatic nitrogens is 1. The topological polar surface area (TPSA) is 63.5 Å². The number of fused-ring (bicyclic) bond motifs is 1. The summed E-state index contributed by atoms with van der Waals surface area (Å²) in [5.74, 6) is 0. The maximum absolute atomic E-state index is 11.9. The Morgan fingerprint density at radius 3 is 2.57 bits per heavy atom. The van der Waals surface area contributed by atoms with Crippen molar-refractivity contribution in [2.24, 2.45) is 0 Å². The van der Waals surface area contributed by atoms with E-state index < -0.39 is 17.9 Å². The molecule has 1 atom stereocenters. The Balaban J connectivity index is 1.81. The van der Waals surface area contributed by atoms with E-state index in [0.717, 1.165) is 16.5 Å². The predicted octanol–water partition coefficient (Wildman–Crippen LogP) is 4.90. The van der Waals surface area contributed by atoms with Gasteiger partial charge in [-0.25, -0.2) is 4.79 Å². The van der Waals surface area contributed by atoms with Gasteiger partial charge in [-0.1, -0.05) is 48.0 Å². The average molecular weight is 401 g/mol. The maximum atomic E-state index is 11.9. The first kappa shape index (κ1) is 20.2. The van der Waals surface area contributed by atoms with Gasteiger partial charge >= 0.3 is 6.09 Å². The van der Waals surface area contributed by atoms with E-state index in [1.54, 1.807) is 10.6 Å². The number of aliphatic hydroxyl groups excluding tert-OH is 1. The molecular weight excluding hydrogens is 376 g/mol. The highest BCUT2D eigenvalue weighted by atomic mass is 35.5. The number of amides is 1. The number of hydrogen-bond donors (Lipinski definition) is 2. The van der Waals surface area contributed by atoms with E-state index in [1.165, 1.54) is 0 Å². The fourth-order valence-electron chi connectivity index (χ4n) is 3.13. The number of carbonyl (C=O) groups is 1. The number of alkyl carbamates (subject to hydrolysis) is 1. The highest BCUT2D eigenvalue weighted by Crippen LogP contribution is 2.30. The van der Waals surface area contributed by atoms with Crippen molar-refractivity contribution in [1.29, 1.82) is 0 Å². The van der Waals surface area contributed by atoms with Gasteiger partial charge in [0.25, 0.3) is 0 Å². The van der Waals surface area contributed by atoms with Gasteiger partial charge in [-0.2, -0.15) is 0 Å². The molecule has 0 fully saturated rings. The van der Waals surface area contributed by atoms with E-state index in [-0.39, 0.29) is 0 Å². The van der Waals surface area contributed by atoms with Gasteiger partial charge in [-0.3, -0.25) is 0 Å². The molecule has 3 rings (SSSR count). The Morgan fingerprint density at radius 2 is 1.86 bits per heavy atom. The monoisotopic (exact) mass is 400 g/mol. The molecule has 1 aromatic heterocycles. The molecule has 2 N–H and O–H groups in total. The van der Waals surface area contributed by atoms with Crippen molar-refractivity contribution in [2.45, 2.75) is 39.0 Å². The van der Waals surface area contributed by atoms with Gasteiger partial charge in [0.1, 0.15) is 5.60 Å². The molecule has 0 saturated heterocycles. The summed E-state index contributed by atoms with van der Waals surface area (Å²) in [7, 11) is 0. The number of hydrogen-bond acceptors (Lipinski definition) is 3. The van der Waals surface area contributed by atoms with E-state index in [1.807, 2.05) is 69.4 Å². The van der Waals surface area contributed by atoms with Crippen molar-refractivity contribution in [2.75, 3.05) is 6.54 Å². The first-order valence-corrected chi connectivity index (χ1v) is 9.62. The Labute approximate surface area is 169 Å². The van der Waals surface area contributed by atoms with Crippen LogP contribution in [0, 0.1) is 0 Å². The zero-order valence-corrected chi connectivity index (χ0v) is 17.0. The smallest absolute Gasteiger partial charge is 0.407 e. The summed E-state index contributed by atoms with van der Waals surface area (Å²) in [4.78, 5) is 11.9. The molecule has 1 heterocycles. The number of ether oxygens (including phenoxy) is 1. The molecule has 2 aromatic carbocycles. The van der Waals surface area contributed by atoms with Gasteiger partial charge in [-0.15, -0.1) is 0 Å². The fourth-order valence-corrected chi connectivity index (χ4v) is 3.36. The molecule has 1 unspecified atom stereocenters. The second-order valence-electron chi connectivity index (χ2n) is 7.65. The first-order valence-electron chi connectivity index (χ1n) is 9.24. The molecule has 3 aromatic rings. The highest BCUT2D eigenvalue weighted by Gasteiger charge is 2.18. The van der Waals surface area contributed by atoms with Crippen molar-refractivity contribution in [3.63, 3.8) is 0 Å². The first-order chi connectivity index (χ1) is 13.3. The minimum Gasteiger partial charge on any atom is -0.444 e. The lowest BCUT2D eigenvalue weighted by molar-refractivity contribution is 0.0528. The normalized spacial score (nSPS) is 12.8. The average Bonchev–Trinajstić information content (AvgIpc) is 2.99. The van der Waals surface area contributed by atoms with Crippen LogP contribution in [-0.2, 0) is 11.2 Å². The van der Waals surface area contributed by atoms with Crippen LogP contribution >= 0.6 is 11.6 Å². The van der Waals surface area contributed by atoms with Crippen molar-refractivity contribution in [1.82, 2.24) is 9.88 Å². The highest BCUT2D eigenvalue weighted by molar-refractivity contribution is 6.31. The van der Waals surface area contributed by atoms with Crippen LogP contribution < -0.4 is 5.32 Å². The third-order valence-electron chi connectivity index (χ3n) is 4.33. The molecule has 0 aliphatic rings. The van der Waals surface area contributed by atoms with Gasteiger partial charge in [-0.05, 0) is 44.9 Å². The second-order valence-corrected chi connectivity index (χ2v) is 8.06. The molecule has 0 spiro atoms. The number of nitrogens with zero attached hydrogens (tertiary/aromatic N) is 1. The van der Waals surface area contributed by atoms with Crippen molar-refractivity contribution < 1.29 is 14.6 Å². The summed E-state index contributed by atoms with van der Waals surface area (Å²) >= 11 is 6.26. The zero-order chi connectivity index (χ0) is 20.3. The molecule has 0 radical (unpaired) electrons. The van der Waals surface area contributed by atoms with Crippen molar-refractivity contribution >= 4 is 28.6 Å². The lowest BCUT2D eigenvalue weighted by atomic mass is 10.1. The Hall–Kier alpha value is -2.50. The summed E-state index contributed by atoms with van der Waals surface area (Å²) in [6.45, 7) is 5.92. The zero-order valence-electron chi connectivity index (χ0n) is 16.3.